The molecule has 0 aromatic heterocycles. The third kappa shape index (κ3) is 6.69. The number of guanidine groups is 1. The molecular formula is C19H24ClN3O2S. The van der Waals surface area contributed by atoms with Gasteiger partial charge in [-0.3, -0.25) is 9.20 Å². The standard InChI is InChI=1S/C19H24ClN3O2S/c1-21-19(22-11-14-26(24)18-9-4-3-5-10-18)23(2)12-13-25-17-8-6-7-16(20)15-17/h3-10,15H,11-14H2,1-2H3,(H,21,22). The van der Waals surface area contributed by atoms with Crippen molar-refractivity contribution in [2.45, 2.75) is 4.90 Å². The predicted molar refractivity (Wildman–Crippen MR) is 109 cm³/mol. The SMILES string of the molecule is CN=C(NCCS(=O)c1ccccc1)N(C)CCOc1cccc(Cl)c1. The number of rotatable bonds is 8. The quantitative estimate of drug-likeness (QED) is 0.553. The van der Waals surface area contributed by atoms with Crippen molar-refractivity contribution < 1.29 is 8.95 Å². The van der Waals surface area contributed by atoms with Crippen LogP contribution in [0.1, 0.15) is 0 Å². The summed E-state index contributed by atoms with van der Waals surface area (Å²) in [5.41, 5.74) is 0. The zero-order chi connectivity index (χ0) is 18.8. The van der Waals surface area contributed by atoms with Crippen LogP contribution in [0.2, 0.25) is 5.02 Å². The maximum Gasteiger partial charge on any atom is 0.193 e. The van der Waals surface area contributed by atoms with Gasteiger partial charge in [0.15, 0.2) is 5.96 Å². The van der Waals surface area contributed by atoms with Crippen LogP contribution in [-0.4, -0.2) is 54.6 Å². The molecule has 1 atom stereocenters. The van der Waals surface area contributed by atoms with E-state index in [-0.39, 0.29) is 0 Å². The van der Waals surface area contributed by atoms with Gasteiger partial charge in [0.05, 0.1) is 17.3 Å². The Morgan fingerprint density at radius 1 is 1.23 bits per heavy atom. The largest absolute Gasteiger partial charge is 0.492 e. The average molecular weight is 394 g/mol. The predicted octanol–water partition coefficient (Wildman–Crippen LogP) is 3.03. The summed E-state index contributed by atoms with van der Waals surface area (Å²) in [5.74, 6) is 2.01. The lowest BCUT2D eigenvalue weighted by Crippen LogP contribution is -2.42. The van der Waals surface area contributed by atoms with Gasteiger partial charge < -0.3 is 15.0 Å². The summed E-state index contributed by atoms with van der Waals surface area (Å²) in [7, 11) is 2.64. The maximum atomic E-state index is 12.2. The van der Waals surface area contributed by atoms with E-state index in [2.05, 4.69) is 10.3 Å². The van der Waals surface area contributed by atoms with Crippen molar-refractivity contribution in [2.24, 2.45) is 4.99 Å². The minimum Gasteiger partial charge on any atom is -0.492 e. The van der Waals surface area contributed by atoms with Gasteiger partial charge in [-0.1, -0.05) is 35.9 Å². The Labute approximate surface area is 162 Å². The van der Waals surface area contributed by atoms with Gasteiger partial charge in [-0.05, 0) is 30.3 Å². The Hall–Kier alpha value is -2.05. The molecule has 0 saturated heterocycles. The summed E-state index contributed by atoms with van der Waals surface area (Å²) in [6.07, 6.45) is 0. The molecule has 1 N–H and O–H groups in total. The van der Waals surface area contributed by atoms with E-state index in [9.17, 15) is 4.21 Å². The average Bonchev–Trinajstić information content (AvgIpc) is 2.65. The van der Waals surface area contributed by atoms with E-state index in [1.807, 2.05) is 60.5 Å². The van der Waals surface area contributed by atoms with Gasteiger partial charge in [0.1, 0.15) is 12.4 Å². The number of aliphatic imine (C=N–C) groups is 1. The number of hydrogen-bond donors (Lipinski definition) is 1. The molecule has 2 rings (SSSR count). The molecule has 0 heterocycles. The van der Waals surface area contributed by atoms with E-state index in [1.54, 1.807) is 13.1 Å². The number of halogens is 1. The first-order valence-electron chi connectivity index (χ1n) is 8.33. The lowest BCUT2D eigenvalue weighted by atomic mass is 10.3. The lowest BCUT2D eigenvalue weighted by Gasteiger charge is -2.22. The van der Waals surface area contributed by atoms with Crippen LogP contribution < -0.4 is 10.1 Å². The smallest absolute Gasteiger partial charge is 0.193 e. The molecule has 0 bridgehead atoms. The minimum absolute atomic E-state index is 0.507. The molecule has 0 saturated carbocycles. The summed E-state index contributed by atoms with van der Waals surface area (Å²) >= 11 is 5.94. The summed E-state index contributed by atoms with van der Waals surface area (Å²) in [6.45, 7) is 1.75. The van der Waals surface area contributed by atoms with Crippen molar-refractivity contribution >= 4 is 28.4 Å². The van der Waals surface area contributed by atoms with Crippen LogP contribution in [-0.2, 0) is 10.8 Å². The fourth-order valence-electron chi connectivity index (χ4n) is 2.29. The van der Waals surface area contributed by atoms with E-state index in [0.717, 1.165) is 16.6 Å². The first-order valence-corrected chi connectivity index (χ1v) is 10.0. The highest BCUT2D eigenvalue weighted by Crippen LogP contribution is 2.16. The van der Waals surface area contributed by atoms with Gasteiger partial charge in [0.25, 0.3) is 0 Å². The molecule has 2 aromatic rings. The summed E-state index contributed by atoms with van der Waals surface area (Å²) in [5, 5.41) is 3.89. The summed E-state index contributed by atoms with van der Waals surface area (Å²) in [6, 6.07) is 16.8. The fourth-order valence-corrected chi connectivity index (χ4v) is 3.46. The number of benzene rings is 2. The molecule has 0 radical (unpaired) electrons. The van der Waals surface area contributed by atoms with E-state index in [1.165, 1.54) is 0 Å². The number of nitrogens with one attached hydrogen (secondary N) is 1. The van der Waals surface area contributed by atoms with E-state index in [4.69, 9.17) is 16.3 Å². The second kappa shape index (κ2) is 10.8. The Morgan fingerprint density at radius 3 is 2.69 bits per heavy atom. The van der Waals surface area contributed by atoms with Crippen LogP contribution in [0.15, 0.2) is 64.5 Å². The van der Waals surface area contributed by atoms with Crippen LogP contribution in [0.5, 0.6) is 5.75 Å². The highest BCUT2D eigenvalue weighted by molar-refractivity contribution is 7.85. The number of likely N-dealkylation sites (N-methyl/N-ethyl adjacent to an activating group) is 1. The topological polar surface area (TPSA) is 53.9 Å². The Morgan fingerprint density at radius 2 is 2.00 bits per heavy atom. The van der Waals surface area contributed by atoms with Crippen LogP contribution >= 0.6 is 11.6 Å². The Balaban J connectivity index is 1.72. The first-order chi connectivity index (χ1) is 12.6. The van der Waals surface area contributed by atoms with Crippen LogP contribution in [0, 0.1) is 0 Å². The maximum absolute atomic E-state index is 12.2. The minimum atomic E-state index is -1.02. The van der Waals surface area contributed by atoms with Gasteiger partial charge in [0.2, 0.25) is 0 Å². The van der Waals surface area contributed by atoms with E-state index >= 15 is 0 Å². The van der Waals surface area contributed by atoms with Gasteiger partial charge in [0, 0.05) is 36.3 Å². The van der Waals surface area contributed by atoms with Crippen LogP contribution in [0.4, 0.5) is 0 Å². The number of ether oxygens (including phenoxy) is 1. The molecule has 140 valence electrons. The number of hydrogen-bond acceptors (Lipinski definition) is 3. The second-order valence-electron chi connectivity index (χ2n) is 5.56. The normalized spacial score (nSPS) is 12.5. The van der Waals surface area contributed by atoms with Gasteiger partial charge >= 0.3 is 0 Å². The van der Waals surface area contributed by atoms with Crippen LogP contribution in [0.25, 0.3) is 0 Å². The molecule has 5 nitrogen and oxygen atoms in total. The third-order valence-corrected chi connectivity index (χ3v) is 5.25. The van der Waals surface area contributed by atoms with Gasteiger partial charge in [-0.15, -0.1) is 0 Å². The zero-order valence-electron chi connectivity index (χ0n) is 15.0. The van der Waals surface area contributed by atoms with Gasteiger partial charge in [-0.25, -0.2) is 0 Å². The zero-order valence-corrected chi connectivity index (χ0v) is 16.6. The highest BCUT2D eigenvalue weighted by atomic mass is 35.5. The third-order valence-electron chi connectivity index (χ3n) is 3.64. The molecule has 0 aliphatic heterocycles. The second-order valence-corrected chi connectivity index (χ2v) is 7.57. The van der Waals surface area contributed by atoms with Gasteiger partial charge in [-0.2, -0.15) is 0 Å². The molecule has 1 unspecified atom stereocenters. The molecule has 7 heteroatoms. The van der Waals surface area contributed by atoms with Crippen molar-refractivity contribution in [2.75, 3.05) is 39.5 Å². The molecule has 26 heavy (non-hydrogen) atoms. The monoisotopic (exact) mass is 393 g/mol. The molecular weight excluding hydrogens is 370 g/mol. The Bertz CT molecular complexity index is 741. The van der Waals surface area contributed by atoms with Crippen molar-refractivity contribution in [3.63, 3.8) is 0 Å². The summed E-state index contributed by atoms with van der Waals surface area (Å²) in [4.78, 5) is 7.06. The van der Waals surface area contributed by atoms with Crippen LogP contribution in [0.3, 0.4) is 0 Å². The van der Waals surface area contributed by atoms with Crippen molar-refractivity contribution in [1.29, 1.82) is 0 Å². The Kier molecular flexibility index (Phi) is 8.44. The molecule has 0 aliphatic rings. The lowest BCUT2D eigenvalue weighted by molar-refractivity contribution is 0.281. The van der Waals surface area contributed by atoms with Crippen molar-refractivity contribution in [3.8, 4) is 5.75 Å². The highest BCUT2D eigenvalue weighted by Gasteiger charge is 2.08. The molecule has 0 fully saturated rings. The first kappa shape index (κ1) is 20.3. The molecule has 0 amide bonds. The molecule has 0 aliphatic carbocycles. The van der Waals surface area contributed by atoms with E-state index in [0.29, 0.717) is 30.5 Å². The summed E-state index contributed by atoms with van der Waals surface area (Å²) < 4.78 is 17.9. The van der Waals surface area contributed by atoms with Crippen molar-refractivity contribution in [3.05, 3.63) is 59.6 Å². The fraction of sp³-hybridized carbons (Fsp3) is 0.316. The number of nitrogens with zero attached hydrogens (tertiary/aromatic N) is 2. The van der Waals surface area contributed by atoms with E-state index < -0.39 is 10.8 Å². The van der Waals surface area contributed by atoms with Crippen molar-refractivity contribution in [1.82, 2.24) is 10.2 Å². The molecule has 0 spiro atoms. The molecule has 2 aromatic carbocycles.